The minimum absolute atomic E-state index is 0.131. The molecule has 5 rings (SSSR count). The topological polar surface area (TPSA) is 119 Å². The Balaban J connectivity index is 0.00000235. The number of ether oxygens (including phenoxy) is 1. The zero-order valence-electron chi connectivity index (χ0n) is 27.5. The SMILES string of the molecule is CCCCc1nc2c(N)nc3ccccc3c2n1CCCN(Cc1ccc(CC(=O)OC)cc1)C(=O)CN1CCCNCC1.CS. The number of imidazole rings is 1. The van der Waals surface area contributed by atoms with Gasteiger partial charge in [0.05, 0.1) is 31.1 Å². The summed E-state index contributed by atoms with van der Waals surface area (Å²) in [6.45, 7) is 8.10. The summed E-state index contributed by atoms with van der Waals surface area (Å²) in [6, 6.07) is 16.0. The fourth-order valence-corrected chi connectivity index (χ4v) is 5.96. The van der Waals surface area contributed by atoms with Gasteiger partial charge in [-0.3, -0.25) is 14.5 Å². The summed E-state index contributed by atoms with van der Waals surface area (Å²) in [5.74, 6) is 1.33. The number of methoxy groups -OCH3 is 1. The van der Waals surface area contributed by atoms with Crippen LogP contribution in [0.2, 0.25) is 0 Å². The molecule has 0 atom stereocenters. The number of hydrogen-bond donors (Lipinski definition) is 3. The van der Waals surface area contributed by atoms with Gasteiger partial charge in [-0.25, -0.2) is 9.97 Å². The molecule has 3 N–H and O–H groups in total. The lowest BCUT2D eigenvalue weighted by Crippen LogP contribution is -2.41. The predicted octanol–water partition coefficient (Wildman–Crippen LogP) is 4.49. The monoisotopic (exact) mass is 647 g/mol. The van der Waals surface area contributed by atoms with Crippen molar-refractivity contribution in [1.82, 2.24) is 29.7 Å². The van der Waals surface area contributed by atoms with Crippen LogP contribution >= 0.6 is 12.6 Å². The van der Waals surface area contributed by atoms with Gasteiger partial charge >= 0.3 is 5.97 Å². The van der Waals surface area contributed by atoms with Crippen LogP contribution in [0.5, 0.6) is 0 Å². The number of unbranched alkanes of at least 4 members (excludes halogenated alkanes) is 1. The van der Waals surface area contributed by atoms with Gasteiger partial charge in [0, 0.05) is 44.5 Å². The maximum atomic E-state index is 13.8. The van der Waals surface area contributed by atoms with Gasteiger partial charge in [0.15, 0.2) is 5.82 Å². The summed E-state index contributed by atoms with van der Waals surface area (Å²) in [7, 11) is 1.40. The van der Waals surface area contributed by atoms with Gasteiger partial charge in [0.1, 0.15) is 11.3 Å². The average molecular weight is 648 g/mol. The standard InChI is InChI=1S/C34H45N7O3.CH4S/c1-3-4-11-29-38-32-33(27-9-5-6-10-28(27)37-34(32)35)41(29)20-8-19-40(30(42)24-39-18-7-16-36-17-21-39)23-26-14-12-25(13-15-26)22-31(43)44-2;1-2/h5-6,9-10,12-15,36H,3-4,7-8,11,16-24H2,1-2H3,(H2,35,37);2H,1H3. The van der Waals surface area contributed by atoms with Crippen molar-refractivity contribution in [2.24, 2.45) is 0 Å². The third-order valence-electron chi connectivity index (χ3n) is 8.37. The molecule has 0 spiro atoms. The number of rotatable bonds is 13. The second-order valence-electron chi connectivity index (χ2n) is 11.6. The maximum Gasteiger partial charge on any atom is 0.309 e. The zero-order chi connectivity index (χ0) is 32.9. The Kier molecular flexibility index (Phi) is 13.7. The Morgan fingerprint density at radius 2 is 1.78 bits per heavy atom. The summed E-state index contributed by atoms with van der Waals surface area (Å²) < 4.78 is 7.11. The Hall–Kier alpha value is -3.67. The molecule has 0 aliphatic carbocycles. The van der Waals surface area contributed by atoms with Gasteiger partial charge in [-0.1, -0.05) is 55.8 Å². The molecular weight excluding hydrogens is 598 g/mol. The number of nitrogens with zero attached hydrogens (tertiary/aromatic N) is 5. The quantitative estimate of drug-likeness (QED) is 0.144. The minimum atomic E-state index is -0.267. The van der Waals surface area contributed by atoms with Crippen LogP contribution in [0.25, 0.3) is 21.9 Å². The number of aryl methyl sites for hydroxylation is 2. The summed E-state index contributed by atoms with van der Waals surface area (Å²) in [5, 5.41) is 4.46. The van der Waals surface area contributed by atoms with Gasteiger partial charge in [0.25, 0.3) is 0 Å². The molecule has 2 aromatic carbocycles. The molecule has 0 bridgehead atoms. The molecule has 4 aromatic rings. The van der Waals surface area contributed by atoms with Crippen LogP contribution in [0, 0.1) is 0 Å². The van der Waals surface area contributed by atoms with E-state index in [1.165, 1.54) is 7.11 Å². The maximum absolute atomic E-state index is 13.8. The van der Waals surface area contributed by atoms with E-state index in [2.05, 4.69) is 45.4 Å². The van der Waals surface area contributed by atoms with Crippen LogP contribution in [-0.4, -0.2) is 88.8 Å². The molecule has 1 aliphatic rings. The number of para-hydroxylation sites is 1. The summed E-state index contributed by atoms with van der Waals surface area (Å²) in [6.07, 6.45) is 6.71. The van der Waals surface area contributed by atoms with Crippen LogP contribution in [0.1, 0.15) is 49.6 Å². The molecule has 0 unspecified atom stereocenters. The van der Waals surface area contributed by atoms with E-state index in [4.69, 9.17) is 15.5 Å². The molecule has 0 radical (unpaired) electrons. The molecule has 3 heterocycles. The van der Waals surface area contributed by atoms with Crippen LogP contribution in [0.3, 0.4) is 0 Å². The van der Waals surface area contributed by atoms with Crippen molar-refractivity contribution >= 4 is 52.3 Å². The Bertz CT molecular complexity index is 1570. The van der Waals surface area contributed by atoms with E-state index in [1.54, 1.807) is 6.26 Å². The molecule has 10 nitrogen and oxygen atoms in total. The fraction of sp³-hybridized carbons (Fsp3) is 0.486. The van der Waals surface area contributed by atoms with Crippen LogP contribution in [-0.2, 0) is 40.3 Å². The molecule has 1 saturated heterocycles. The van der Waals surface area contributed by atoms with E-state index in [0.29, 0.717) is 25.5 Å². The van der Waals surface area contributed by atoms with E-state index < -0.39 is 0 Å². The third-order valence-corrected chi connectivity index (χ3v) is 8.37. The Morgan fingerprint density at radius 3 is 2.54 bits per heavy atom. The van der Waals surface area contributed by atoms with Crippen molar-refractivity contribution in [1.29, 1.82) is 0 Å². The first-order chi connectivity index (χ1) is 22.5. The molecule has 1 aliphatic heterocycles. The highest BCUT2D eigenvalue weighted by Crippen LogP contribution is 2.29. The van der Waals surface area contributed by atoms with E-state index in [1.807, 2.05) is 47.4 Å². The van der Waals surface area contributed by atoms with Crippen LogP contribution < -0.4 is 11.1 Å². The number of amides is 1. The number of benzene rings is 2. The number of carbonyl (C=O) groups is 2. The van der Waals surface area contributed by atoms with Crippen LogP contribution in [0.4, 0.5) is 5.82 Å². The smallest absolute Gasteiger partial charge is 0.309 e. The van der Waals surface area contributed by atoms with Gasteiger partial charge in [0.2, 0.25) is 5.91 Å². The van der Waals surface area contributed by atoms with Crippen LogP contribution in [0.15, 0.2) is 48.5 Å². The number of nitrogen functional groups attached to an aromatic ring is 1. The first-order valence-electron chi connectivity index (χ1n) is 16.3. The lowest BCUT2D eigenvalue weighted by molar-refractivity contribution is -0.139. The first-order valence-corrected chi connectivity index (χ1v) is 17.2. The average Bonchev–Trinajstić information content (AvgIpc) is 3.24. The fourth-order valence-electron chi connectivity index (χ4n) is 5.96. The van der Waals surface area contributed by atoms with E-state index in [9.17, 15) is 9.59 Å². The molecule has 11 heteroatoms. The normalized spacial score (nSPS) is 13.7. The number of anilines is 1. The van der Waals surface area contributed by atoms with Crippen molar-refractivity contribution in [2.75, 3.05) is 58.4 Å². The number of carbonyl (C=O) groups excluding carboxylic acids is 2. The number of aromatic nitrogens is 3. The lowest BCUT2D eigenvalue weighted by Gasteiger charge is -2.27. The number of nitrogens with two attached hydrogens (primary N) is 1. The summed E-state index contributed by atoms with van der Waals surface area (Å²) in [4.78, 5) is 39.3. The second-order valence-corrected chi connectivity index (χ2v) is 11.6. The van der Waals surface area contributed by atoms with Gasteiger partial charge < -0.3 is 25.3 Å². The number of fused-ring (bicyclic) bond motifs is 3. The molecule has 1 fully saturated rings. The zero-order valence-corrected chi connectivity index (χ0v) is 28.4. The highest BCUT2D eigenvalue weighted by atomic mass is 32.1. The van der Waals surface area contributed by atoms with Crippen molar-refractivity contribution in [2.45, 2.75) is 58.5 Å². The van der Waals surface area contributed by atoms with Crippen molar-refractivity contribution in [3.8, 4) is 0 Å². The number of thiol groups is 1. The van der Waals surface area contributed by atoms with Crippen molar-refractivity contribution in [3.05, 3.63) is 65.5 Å². The molecule has 1 amide bonds. The Labute approximate surface area is 278 Å². The van der Waals surface area contributed by atoms with E-state index in [0.717, 1.165) is 104 Å². The number of hydrogen-bond acceptors (Lipinski definition) is 9. The lowest BCUT2D eigenvalue weighted by atomic mass is 10.1. The number of pyridine rings is 1. The Morgan fingerprint density at radius 1 is 1.02 bits per heavy atom. The summed E-state index contributed by atoms with van der Waals surface area (Å²) in [5.41, 5.74) is 11.0. The molecule has 0 saturated carbocycles. The highest BCUT2D eigenvalue weighted by molar-refractivity contribution is 7.79. The molecule has 46 heavy (non-hydrogen) atoms. The third kappa shape index (κ3) is 9.20. The van der Waals surface area contributed by atoms with E-state index >= 15 is 0 Å². The van der Waals surface area contributed by atoms with Gasteiger partial charge in [-0.2, -0.15) is 12.6 Å². The number of esters is 1. The summed E-state index contributed by atoms with van der Waals surface area (Å²) >= 11 is 3.53. The van der Waals surface area contributed by atoms with Gasteiger partial charge in [-0.15, -0.1) is 0 Å². The predicted molar refractivity (Wildman–Crippen MR) is 189 cm³/mol. The highest BCUT2D eigenvalue weighted by Gasteiger charge is 2.21. The first kappa shape index (κ1) is 35.2. The van der Waals surface area contributed by atoms with Crippen molar-refractivity contribution < 1.29 is 14.3 Å². The largest absolute Gasteiger partial charge is 0.469 e. The second kappa shape index (κ2) is 17.9. The molecule has 248 valence electrons. The van der Waals surface area contributed by atoms with Gasteiger partial charge in [-0.05, 0) is 55.8 Å². The van der Waals surface area contributed by atoms with Crippen molar-refractivity contribution in [3.63, 3.8) is 0 Å². The molecule has 2 aromatic heterocycles. The molecular formula is C35H49N7O3S. The minimum Gasteiger partial charge on any atom is -0.469 e. The van der Waals surface area contributed by atoms with E-state index in [-0.39, 0.29) is 18.3 Å². The number of nitrogens with one attached hydrogen (secondary N) is 1.